The summed E-state index contributed by atoms with van der Waals surface area (Å²) in [7, 11) is -0.614. The van der Waals surface area contributed by atoms with E-state index in [1.807, 2.05) is 6.92 Å². The van der Waals surface area contributed by atoms with Gasteiger partial charge in [0, 0.05) is 10.3 Å². The van der Waals surface area contributed by atoms with Gasteiger partial charge in [-0.1, -0.05) is 0 Å². The summed E-state index contributed by atoms with van der Waals surface area (Å²) in [6.45, 7) is 1.86. The zero-order chi connectivity index (χ0) is 3.86. The fourth-order valence-electron chi connectivity index (χ4n) is 0.127. The van der Waals surface area contributed by atoms with Crippen LogP contribution in [0.25, 0.3) is 0 Å². The van der Waals surface area contributed by atoms with E-state index in [1.165, 1.54) is 0 Å². The van der Waals surface area contributed by atoms with Crippen molar-refractivity contribution in [3.63, 3.8) is 0 Å². The number of hydrogen-bond donors (Lipinski definition) is 0. The third kappa shape index (κ3) is 0.401. The van der Waals surface area contributed by atoms with Gasteiger partial charge in [0.2, 0.25) is 0 Å². The molecule has 1 nitrogen and oxygen atoms in total. The quantitative estimate of drug-likeness (QED) is 0.424. The SMILES string of the molecule is CC1=CS1=O. The molecule has 1 unspecified atom stereocenters. The van der Waals surface area contributed by atoms with Crippen LogP contribution >= 0.6 is 0 Å². The predicted molar refractivity (Wildman–Crippen MR) is 21.9 cm³/mol. The van der Waals surface area contributed by atoms with E-state index in [4.69, 9.17) is 0 Å². The first kappa shape index (κ1) is 3.09. The molecule has 0 aromatic heterocycles. The molecule has 0 N–H and O–H groups in total. The smallest absolute Gasteiger partial charge is 0.0746 e. The summed E-state index contributed by atoms with van der Waals surface area (Å²) in [5.41, 5.74) is 0. The van der Waals surface area contributed by atoms with Crippen molar-refractivity contribution < 1.29 is 4.21 Å². The lowest BCUT2D eigenvalue weighted by Gasteiger charge is -1.51. The zero-order valence-electron chi connectivity index (χ0n) is 2.89. The maximum atomic E-state index is 9.91. The first-order valence-corrected chi connectivity index (χ1v) is 2.61. The van der Waals surface area contributed by atoms with Gasteiger partial charge in [-0.25, -0.2) is 4.21 Å². The molecule has 0 spiro atoms. The van der Waals surface area contributed by atoms with Gasteiger partial charge in [-0.2, -0.15) is 0 Å². The molecule has 1 aliphatic heterocycles. The van der Waals surface area contributed by atoms with Crippen molar-refractivity contribution in [2.45, 2.75) is 6.92 Å². The van der Waals surface area contributed by atoms with Crippen LogP contribution in [0, 0.1) is 0 Å². The molecule has 0 aromatic rings. The second kappa shape index (κ2) is 0.684. The Balaban J connectivity index is 2.69. The average molecular weight is 88.1 g/mol. The van der Waals surface area contributed by atoms with Crippen molar-refractivity contribution in [3.8, 4) is 0 Å². The Morgan fingerprint density at radius 2 is 2.20 bits per heavy atom. The predicted octanol–water partition coefficient (Wildman–Crippen LogP) is 0.610. The summed E-state index contributed by atoms with van der Waals surface area (Å²) < 4.78 is 9.91. The van der Waals surface area contributed by atoms with Gasteiger partial charge in [0.05, 0.1) is 10.8 Å². The third-order valence-electron chi connectivity index (χ3n) is 0.533. The highest BCUT2D eigenvalue weighted by atomic mass is 32.2. The van der Waals surface area contributed by atoms with Gasteiger partial charge in [-0.05, 0) is 6.92 Å². The normalized spacial score (nSPS) is 33.0. The van der Waals surface area contributed by atoms with Crippen molar-refractivity contribution in [1.29, 1.82) is 0 Å². The number of allylic oxidation sites excluding steroid dienone is 1. The number of rotatable bonds is 0. The van der Waals surface area contributed by atoms with Crippen LogP contribution in [0.15, 0.2) is 10.3 Å². The van der Waals surface area contributed by atoms with Crippen molar-refractivity contribution in [2.24, 2.45) is 0 Å². The maximum Gasteiger partial charge on any atom is 0.0746 e. The molecule has 0 bridgehead atoms. The molecule has 0 aliphatic carbocycles. The highest BCUT2D eigenvalue weighted by Crippen LogP contribution is 2.16. The van der Waals surface area contributed by atoms with Gasteiger partial charge in [0.1, 0.15) is 0 Å². The molecule has 1 heterocycles. The standard InChI is InChI=1S/C3H4OS/c1-3-2-5(3)4/h2H,1H3. The monoisotopic (exact) mass is 88.0 g/mol. The van der Waals surface area contributed by atoms with E-state index >= 15 is 0 Å². The Morgan fingerprint density at radius 3 is 2.20 bits per heavy atom. The molecule has 0 radical (unpaired) electrons. The van der Waals surface area contributed by atoms with Crippen molar-refractivity contribution in [3.05, 3.63) is 10.3 Å². The van der Waals surface area contributed by atoms with Crippen LogP contribution in [0.4, 0.5) is 0 Å². The van der Waals surface area contributed by atoms with Gasteiger partial charge >= 0.3 is 0 Å². The van der Waals surface area contributed by atoms with Crippen LogP contribution in [0.2, 0.25) is 0 Å². The van der Waals surface area contributed by atoms with Gasteiger partial charge in [-0.15, -0.1) is 0 Å². The lowest BCUT2D eigenvalue weighted by Crippen LogP contribution is -1.49. The van der Waals surface area contributed by atoms with Crippen molar-refractivity contribution in [1.82, 2.24) is 0 Å². The summed E-state index contributed by atoms with van der Waals surface area (Å²) in [6, 6.07) is 0. The summed E-state index contributed by atoms with van der Waals surface area (Å²) >= 11 is 0. The van der Waals surface area contributed by atoms with Crippen LogP contribution in [0.5, 0.6) is 0 Å². The molecule has 1 atom stereocenters. The van der Waals surface area contributed by atoms with Gasteiger partial charge in [-0.3, -0.25) is 0 Å². The van der Waals surface area contributed by atoms with Crippen LogP contribution in [-0.2, 0) is 10.8 Å². The van der Waals surface area contributed by atoms with Gasteiger partial charge in [0.25, 0.3) is 0 Å². The van der Waals surface area contributed by atoms with Crippen molar-refractivity contribution in [2.75, 3.05) is 0 Å². The largest absolute Gasteiger partial charge is 0.250 e. The lowest BCUT2D eigenvalue weighted by atomic mass is 10.8. The van der Waals surface area contributed by atoms with E-state index in [1.54, 1.807) is 5.41 Å². The van der Waals surface area contributed by atoms with Crippen LogP contribution in [0.3, 0.4) is 0 Å². The summed E-state index contributed by atoms with van der Waals surface area (Å²) in [6.07, 6.45) is 0. The van der Waals surface area contributed by atoms with E-state index in [0.29, 0.717) is 0 Å². The van der Waals surface area contributed by atoms with E-state index in [2.05, 4.69) is 0 Å². The maximum absolute atomic E-state index is 9.91. The minimum Gasteiger partial charge on any atom is -0.250 e. The average Bonchev–Trinajstić information content (AvgIpc) is 1.79. The first-order valence-electron chi connectivity index (χ1n) is 1.40. The molecule has 1 rings (SSSR count). The fraction of sp³-hybridized carbons (Fsp3) is 0.333. The molecule has 2 heteroatoms. The second-order valence-electron chi connectivity index (χ2n) is 1.03. The number of hydrogen-bond acceptors (Lipinski definition) is 1. The molecule has 28 valence electrons. The summed E-state index contributed by atoms with van der Waals surface area (Å²) in [4.78, 5) is 1.02. The molecule has 0 saturated carbocycles. The van der Waals surface area contributed by atoms with Crippen LogP contribution < -0.4 is 0 Å². The van der Waals surface area contributed by atoms with E-state index in [0.717, 1.165) is 4.91 Å². The highest BCUT2D eigenvalue weighted by Gasteiger charge is 2.10. The molecular weight excluding hydrogens is 84.1 g/mol. The summed E-state index contributed by atoms with van der Waals surface area (Å²) in [5.74, 6) is 0. The van der Waals surface area contributed by atoms with E-state index in [-0.39, 0.29) is 0 Å². The molecule has 0 saturated heterocycles. The van der Waals surface area contributed by atoms with Gasteiger partial charge < -0.3 is 0 Å². The van der Waals surface area contributed by atoms with Crippen LogP contribution in [-0.4, -0.2) is 4.21 Å². The molecule has 0 aromatic carbocycles. The Hall–Kier alpha value is -0.110. The minimum absolute atomic E-state index is 0.614. The highest BCUT2D eigenvalue weighted by molar-refractivity contribution is 7.98. The Bertz CT molecular complexity index is 103. The second-order valence-corrected chi connectivity index (χ2v) is 2.50. The Labute approximate surface area is 33.1 Å². The van der Waals surface area contributed by atoms with E-state index in [9.17, 15) is 4.21 Å². The Kier molecular flexibility index (Phi) is 0.424. The van der Waals surface area contributed by atoms with Crippen LogP contribution in [0.1, 0.15) is 6.92 Å². The lowest BCUT2D eigenvalue weighted by molar-refractivity contribution is 0.695. The summed E-state index contributed by atoms with van der Waals surface area (Å²) in [5, 5.41) is 1.72. The van der Waals surface area contributed by atoms with Gasteiger partial charge in [0.15, 0.2) is 0 Å². The Morgan fingerprint density at radius 1 is 2.00 bits per heavy atom. The third-order valence-corrected chi connectivity index (χ3v) is 1.60. The minimum atomic E-state index is -0.614. The molecule has 5 heavy (non-hydrogen) atoms. The topological polar surface area (TPSA) is 17.1 Å². The molecule has 0 fully saturated rings. The molecule has 0 amide bonds. The molecular formula is C3H4OS. The first-order chi connectivity index (χ1) is 2.30. The van der Waals surface area contributed by atoms with E-state index < -0.39 is 10.8 Å². The molecule has 1 aliphatic rings. The van der Waals surface area contributed by atoms with Crippen molar-refractivity contribution >= 4 is 10.8 Å². The zero-order valence-corrected chi connectivity index (χ0v) is 3.71. The fourth-order valence-corrected chi connectivity index (χ4v) is 0.498.